The van der Waals surface area contributed by atoms with Crippen LogP contribution in [-0.2, 0) is 6.54 Å². The van der Waals surface area contributed by atoms with Crippen molar-refractivity contribution in [1.29, 1.82) is 0 Å². The van der Waals surface area contributed by atoms with Crippen LogP contribution >= 0.6 is 0 Å². The Morgan fingerprint density at radius 3 is 2.64 bits per heavy atom. The molecule has 0 radical (unpaired) electrons. The van der Waals surface area contributed by atoms with Gasteiger partial charge in [-0.15, -0.1) is 5.10 Å². The number of imidazole rings is 1. The molecule has 4 aromatic rings. The Morgan fingerprint density at radius 1 is 1.05 bits per heavy atom. The van der Waals surface area contributed by atoms with Crippen LogP contribution in [0.1, 0.15) is 0 Å². The van der Waals surface area contributed by atoms with Crippen LogP contribution in [-0.4, -0.2) is 30.9 Å². The lowest BCUT2D eigenvalue weighted by Crippen LogP contribution is -2.02. The monoisotopic (exact) mass is 293 g/mol. The Kier molecular flexibility index (Phi) is 2.83. The number of aromatic nitrogens is 4. The van der Waals surface area contributed by atoms with E-state index in [1.54, 1.807) is 0 Å². The molecule has 2 aromatic carbocycles. The molecule has 6 heteroatoms. The quantitative estimate of drug-likeness (QED) is 0.565. The predicted molar refractivity (Wildman–Crippen MR) is 85.4 cm³/mol. The fourth-order valence-electron chi connectivity index (χ4n) is 2.74. The number of hydrogen-bond acceptors (Lipinski definition) is 4. The molecule has 2 heterocycles. The average molecular weight is 293 g/mol. The van der Waals surface area contributed by atoms with E-state index in [4.69, 9.17) is 5.73 Å². The molecule has 2 aromatic heterocycles. The first-order valence-electron chi connectivity index (χ1n) is 7.09. The number of nitrogen functional groups attached to an aromatic ring is 1. The highest BCUT2D eigenvalue weighted by atomic mass is 16.3. The van der Waals surface area contributed by atoms with Crippen molar-refractivity contribution < 1.29 is 5.11 Å². The van der Waals surface area contributed by atoms with Crippen LogP contribution in [0.25, 0.3) is 28.2 Å². The third kappa shape index (κ3) is 1.85. The van der Waals surface area contributed by atoms with Crippen LogP contribution in [0.4, 0.5) is 5.69 Å². The topological polar surface area (TPSA) is 81.4 Å². The number of aliphatic hydroxyl groups excluding tert-OH is 1. The van der Waals surface area contributed by atoms with E-state index < -0.39 is 0 Å². The van der Waals surface area contributed by atoms with Crippen molar-refractivity contribution in [3.63, 3.8) is 0 Å². The first kappa shape index (κ1) is 12.8. The Morgan fingerprint density at radius 2 is 1.86 bits per heavy atom. The third-order valence-corrected chi connectivity index (χ3v) is 3.70. The van der Waals surface area contributed by atoms with Crippen molar-refractivity contribution in [3.8, 4) is 11.4 Å². The number of fused-ring (bicyclic) bond motifs is 3. The molecule has 4 rings (SSSR count). The van der Waals surface area contributed by atoms with Gasteiger partial charge in [-0.2, -0.15) is 9.50 Å². The van der Waals surface area contributed by atoms with Crippen LogP contribution in [0.5, 0.6) is 0 Å². The first-order chi connectivity index (χ1) is 10.8. The molecule has 0 saturated carbocycles. The van der Waals surface area contributed by atoms with Crippen LogP contribution in [0.15, 0.2) is 48.5 Å². The number of anilines is 1. The minimum atomic E-state index is 0.0504. The Labute approximate surface area is 126 Å². The largest absolute Gasteiger partial charge is 0.399 e. The first-order valence-corrected chi connectivity index (χ1v) is 7.09. The van der Waals surface area contributed by atoms with E-state index in [-0.39, 0.29) is 6.61 Å². The lowest BCUT2D eigenvalue weighted by atomic mass is 10.2. The summed E-state index contributed by atoms with van der Waals surface area (Å²) in [5.41, 5.74) is 9.36. The van der Waals surface area contributed by atoms with Gasteiger partial charge in [0.15, 0.2) is 5.82 Å². The number of benzene rings is 2. The zero-order valence-electron chi connectivity index (χ0n) is 11.8. The smallest absolute Gasteiger partial charge is 0.234 e. The van der Waals surface area contributed by atoms with Gasteiger partial charge < -0.3 is 15.4 Å². The number of rotatable bonds is 3. The van der Waals surface area contributed by atoms with Crippen LogP contribution < -0.4 is 5.73 Å². The van der Waals surface area contributed by atoms with Crippen LogP contribution in [0.3, 0.4) is 0 Å². The van der Waals surface area contributed by atoms with Crippen LogP contribution in [0, 0.1) is 0 Å². The standard InChI is InChI=1S/C16H15N5O/c17-12-5-3-4-11(10-12)15-18-16-20(8-9-22)13-6-1-2-7-14(13)21(16)19-15/h1-7,10,22H,8-9,17H2. The molecule has 0 aliphatic rings. The Bertz CT molecular complexity index is 969. The molecule has 0 aliphatic heterocycles. The van der Waals surface area contributed by atoms with Gasteiger partial charge in [0.05, 0.1) is 17.6 Å². The lowest BCUT2D eigenvalue weighted by Gasteiger charge is -2.01. The molecular formula is C16H15N5O. The van der Waals surface area contributed by atoms with Gasteiger partial charge in [0.25, 0.3) is 0 Å². The molecule has 0 spiro atoms. The van der Waals surface area contributed by atoms with E-state index in [0.29, 0.717) is 23.8 Å². The Balaban J connectivity index is 1.99. The van der Waals surface area contributed by atoms with E-state index in [1.165, 1.54) is 0 Å². The van der Waals surface area contributed by atoms with E-state index >= 15 is 0 Å². The molecular weight excluding hydrogens is 278 g/mol. The summed E-state index contributed by atoms with van der Waals surface area (Å²) in [4.78, 5) is 4.63. The van der Waals surface area contributed by atoms with Gasteiger partial charge in [-0.25, -0.2) is 0 Å². The van der Waals surface area contributed by atoms with E-state index in [1.807, 2.05) is 57.6 Å². The highest BCUT2D eigenvalue weighted by Crippen LogP contribution is 2.24. The fourth-order valence-corrected chi connectivity index (χ4v) is 2.74. The van der Waals surface area contributed by atoms with E-state index in [9.17, 15) is 5.11 Å². The zero-order valence-corrected chi connectivity index (χ0v) is 11.8. The summed E-state index contributed by atoms with van der Waals surface area (Å²) in [5, 5.41) is 13.9. The molecule has 22 heavy (non-hydrogen) atoms. The van der Waals surface area contributed by atoms with Crippen molar-refractivity contribution in [2.45, 2.75) is 6.54 Å². The van der Waals surface area contributed by atoms with Crippen molar-refractivity contribution in [3.05, 3.63) is 48.5 Å². The number of aliphatic hydroxyl groups is 1. The maximum absolute atomic E-state index is 9.32. The van der Waals surface area contributed by atoms with Gasteiger partial charge in [0.1, 0.15) is 0 Å². The van der Waals surface area contributed by atoms with Gasteiger partial charge in [-0.1, -0.05) is 24.3 Å². The number of hydrogen-bond donors (Lipinski definition) is 2. The van der Waals surface area contributed by atoms with Crippen molar-refractivity contribution in [1.82, 2.24) is 19.2 Å². The highest BCUT2D eigenvalue weighted by molar-refractivity contribution is 5.81. The Hall–Kier alpha value is -2.86. The molecule has 0 bridgehead atoms. The summed E-state index contributed by atoms with van der Waals surface area (Å²) >= 11 is 0. The maximum atomic E-state index is 9.32. The number of nitrogens with zero attached hydrogens (tertiary/aromatic N) is 4. The molecule has 3 N–H and O–H groups in total. The van der Waals surface area contributed by atoms with E-state index in [2.05, 4.69) is 10.1 Å². The SMILES string of the molecule is Nc1cccc(-c2nc3n(CCO)c4ccccc4n3n2)c1. The number of nitrogens with two attached hydrogens (primary N) is 1. The molecule has 0 aliphatic carbocycles. The van der Waals surface area contributed by atoms with Gasteiger partial charge in [0, 0.05) is 17.8 Å². The summed E-state index contributed by atoms with van der Waals surface area (Å²) in [6.45, 7) is 0.529. The predicted octanol–water partition coefficient (Wildman–Crippen LogP) is 1.93. The third-order valence-electron chi connectivity index (χ3n) is 3.70. The second kappa shape index (κ2) is 4.85. The van der Waals surface area contributed by atoms with Crippen molar-refractivity contribution in [2.24, 2.45) is 0 Å². The highest BCUT2D eigenvalue weighted by Gasteiger charge is 2.15. The van der Waals surface area contributed by atoms with Gasteiger partial charge in [0.2, 0.25) is 5.78 Å². The number of para-hydroxylation sites is 2. The molecule has 110 valence electrons. The summed E-state index contributed by atoms with van der Waals surface area (Å²) in [7, 11) is 0. The van der Waals surface area contributed by atoms with Crippen molar-refractivity contribution in [2.75, 3.05) is 12.3 Å². The molecule has 0 fully saturated rings. The molecule has 6 nitrogen and oxygen atoms in total. The summed E-state index contributed by atoms with van der Waals surface area (Å²) in [5.74, 6) is 1.34. The van der Waals surface area contributed by atoms with E-state index in [0.717, 1.165) is 16.6 Å². The molecule has 0 unspecified atom stereocenters. The van der Waals surface area contributed by atoms with Gasteiger partial charge in [-0.05, 0) is 24.3 Å². The fraction of sp³-hybridized carbons (Fsp3) is 0.125. The molecule has 0 saturated heterocycles. The second-order valence-corrected chi connectivity index (χ2v) is 5.14. The minimum absolute atomic E-state index is 0.0504. The maximum Gasteiger partial charge on any atom is 0.234 e. The van der Waals surface area contributed by atoms with Crippen molar-refractivity contribution >= 4 is 22.5 Å². The minimum Gasteiger partial charge on any atom is -0.399 e. The molecule has 0 amide bonds. The zero-order chi connectivity index (χ0) is 15.1. The average Bonchev–Trinajstić information content (AvgIpc) is 3.07. The summed E-state index contributed by atoms with van der Waals surface area (Å²) in [6.07, 6.45) is 0. The van der Waals surface area contributed by atoms with Gasteiger partial charge in [-0.3, -0.25) is 0 Å². The summed E-state index contributed by atoms with van der Waals surface area (Å²) in [6, 6.07) is 15.4. The van der Waals surface area contributed by atoms with Gasteiger partial charge >= 0.3 is 0 Å². The second-order valence-electron chi connectivity index (χ2n) is 5.14. The van der Waals surface area contributed by atoms with Crippen LogP contribution in [0.2, 0.25) is 0 Å². The lowest BCUT2D eigenvalue weighted by molar-refractivity contribution is 0.279. The normalized spacial score (nSPS) is 11.5. The molecule has 0 atom stereocenters. The summed E-state index contributed by atoms with van der Waals surface area (Å²) < 4.78 is 3.78.